The first kappa shape index (κ1) is 10.0. The molecule has 6 heteroatoms. The number of methoxy groups -OCH3 is 1. The minimum absolute atomic E-state index is 0.256. The highest BCUT2D eigenvalue weighted by Crippen LogP contribution is 2.20. The third-order valence-corrected chi connectivity index (χ3v) is 2.61. The fourth-order valence-electron chi connectivity index (χ4n) is 0.765. The molecule has 72 valence electrons. The van der Waals surface area contributed by atoms with E-state index in [1.165, 1.54) is 25.2 Å². The maximum Gasteiger partial charge on any atom is 0.318 e. The summed E-state index contributed by atoms with van der Waals surface area (Å²) < 4.78 is 6.20. The summed E-state index contributed by atoms with van der Waals surface area (Å²) in [5.41, 5.74) is 0. The molecule has 1 aromatic heterocycles. The average molecular weight is 201 g/mol. The summed E-state index contributed by atoms with van der Waals surface area (Å²) in [7, 11) is 3.15. The predicted molar refractivity (Wildman–Crippen MR) is 48.3 cm³/mol. The van der Waals surface area contributed by atoms with Gasteiger partial charge in [0.2, 0.25) is 0 Å². The number of hydrogen-bond donors (Lipinski definition) is 0. The SMILES string of the molecule is COC(=O)C(C)Sc1ncnn1C. The first-order chi connectivity index (χ1) is 6.15. The second-order valence-electron chi connectivity index (χ2n) is 2.45. The van der Waals surface area contributed by atoms with Gasteiger partial charge in [-0.05, 0) is 6.92 Å². The average Bonchev–Trinajstić information content (AvgIpc) is 2.50. The first-order valence-corrected chi connectivity index (χ1v) is 4.61. The molecule has 0 fully saturated rings. The molecule has 1 atom stereocenters. The van der Waals surface area contributed by atoms with E-state index in [-0.39, 0.29) is 11.2 Å². The smallest absolute Gasteiger partial charge is 0.318 e. The molecular weight excluding hydrogens is 190 g/mol. The molecular formula is C7H11N3O2S. The number of hydrogen-bond acceptors (Lipinski definition) is 5. The molecule has 1 aromatic rings. The number of carbonyl (C=O) groups excluding carboxylic acids is 1. The van der Waals surface area contributed by atoms with Crippen molar-refractivity contribution in [2.75, 3.05) is 7.11 Å². The Morgan fingerprint density at radius 2 is 2.46 bits per heavy atom. The van der Waals surface area contributed by atoms with Gasteiger partial charge in [0, 0.05) is 7.05 Å². The predicted octanol–water partition coefficient (Wildman–Crippen LogP) is 0.469. The number of ether oxygens (including phenoxy) is 1. The van der Waals surface area contributed by atoms with Gasteiger partial charge in [0.15, 0.2) is 5.16 Å². The number of rotatable bonds is 3. The van der Waals surface area contributed by atoms with Crippen LogP contribution in [0.15, 0.2) is 11.5 Å². The van der Waals surface area contributed by atoms with Crippen molar-refractivity contribution < 1.29 is 9.53 Å². The van der Waals surface area contributed by atoms with E-state index in [0.29, 0.717) is 5.16 Å². The van der Waals surface area contributed by atoms with Gasteiger partial charge in [-0.2, -0.15) is 5.10 Å². The lowest BCUT2D eigenvalue weighted by Crippen LogP contribution is -2.15. The van der Waals surface area contributed by atoms with Crippen LogP contribution in [0.25, 0.3) is 0 Å². The van der Waals surface area contributed by atoms with Crippen molar-refractivity contribution in [2.24, 2.45) is 7.05 Å². The van der Waals surface area contributed by atoms with Crippen molar-refractivity contribution >= 4 is 17.7 Å². The molecule has 0 radical (unpaired) electrons. The Balaban J connectivity index is 2.59. The second kappa shape index (κ2) is 4.27. The molecule has 0 spiro atoms. The Morgan fingerprint density at radius 3 is 2.92 bits per heavy atom. The zero-order chi connectivity index (χ0) is 9.84. The van der Waals surface area contributed by atoms with Gasteiger partial charge in [-0.3, -0.25) is 4.79 Å². The maximum atomic E-state index is 11.0. The summed E-state index contributed by atoms with van der Waals surface area (Å²) in [4.78, 5) is 15.0. The summed E-state index contributed by atoms with van der Waals surface area (Å²) >= 11 is 1.32. The highest BCUT2D eigenvalue weighted by molar-refractivity contribution is 8.00. The van der Waals surface area contributed by atoms with Crippen molar-refractivity contribution in [2.45, 2.75) is 17.3 Å². The third kappa shape index (κ3) is 2.45. The van der Waals surface area contributed by atoms with E-state index in [9.17, 15) is 4.79 Å². The zero-order valence-corrected chi connectivity index (χ0v) is 8.54. The number of carbonyl (C=O) groups is 1. The van der Waals surface area contributed by atoms with Crippen LogP contribution in [-0.4, -0.2) is 33.1 Å². The number of aryl methyl sites for hydroxylation is 1. The summed E-state index contributed by atoms with van der Waals surface area (Å²) in [5, 5.41) is 4.34. The molecule has 5 nitrogen and oxygen atoms in total. The summed E-state index contributed by atoms with van der Waals surface area (Å²) in [6.45, 7) is 1.77. The molecule has 0 aliphatic heterocycles. The molecule has 0 N–H and O–H groups in total. The van der Waals surface area contributed by atoms with Crippen molar-refractivity contribution in [3.63, 3.8) is 0 Å². The fourth-order valence-corrected chi connectivity index (χ4v) is 1.58. The van der Waals surface area contributed by atoms with Crippen LogP contribution < -0.4 is 0 Å². The number of esters is 1. The van der Waals surface area contributed by atoms with Gasteiger partial charge in [-0.1, -0.05) is 11.8 Å². The van der Waals surface area contributed by atoms with Gasteiger partial charge in [0.1, 0.15) is 11.6 Å². The Kier molecular flexibility index (Phi) is 3.30. The summed E-state index contributed by atoms with van der Waals surface area (Å²) in [6, 6.07) is 0. The Hall–Kier alpha value is -1.04. The number of thioether (sulfide) groups is 1. The van der Waals surface area contributed by atoms with Crippen LogP contribution in [0.5, 0.6) is 0 Å². The standard InChI is InChI=1S/C7H11N3O2S/c1-5(6(11)12-3)13-7-8-4-9-10(7)2/h4-5H,1-3H3. The molecule has 0 saturated heterocycles. The minimum Gasteiger partial charge on any atom is -0.468 e. The zero-order valence-electron chi connectivity index (χ0n) is 7.72. The summed E-state index contributed by atoms with van der Waals surface area (Å²) in [6.07, 6.45) is 1.45. The van der Waals surface area contributed by atoms with Crippen molar-refractivity contribution in [3.05, 3.63) is 6.33 Å². The lowest BCUT2D eigenvalue weighted by Gasteiger charge is -2.06. The maximum absolute atomic E-state index is 11.0. The van der Waals surface area contributed by atoms with Crippen LogP contribution >= 0.6 is 11.8 Å². The van der Waals surface area contributed by atoms with E-state index in [0.717, 1.165) is 0 Å². The van der Waals surface area contributed by atoms with E-state index in [1.807, 2.05) is 0 Å². The summed E-state index contributed by atoms with van der Waals surface area (Å²) in [5.74, 6) is -0.256. The molecule has 1 unspecified atom stereocenters. The van der Waals surface area contributed by atoms with Gasteiger partial charge in [0.25, 0.3) is 0 Å². The van der Waals surface area contributed by atoms with Crippen LogP contribution in [0.4, 0.5) is 0 Å². The lowest BCUT2D eigenvalue weighted by atomic mass is 10.5. The number of nitrogens with zero attached hydrogens (tertiary/aromatic N) is 3. The van der Waals surface area contributed by atoms with Gasteiger partial charge in [-0.15, -0.1) is 0 Å². The fraction of sp³-hybridized carbons (Fsp3) is 0.571. The highest BCUT2D eigenvalue weighted by atomic mass is 32.2. The largest absolute Gasteiger partial charge is 0.468 e. The van der Waals surface area contributed by atoms with Crippen LogP contribution in [-0.2, 0) is 16.6 Å². The quantitative estimate of drug-likeness (QED) is 0.525. The topological polar surface area (TPSA) is 57.0 Å². The second-order valence-corrected chi connectivity index (χ2v) is 3.76. The molecule has 0 aromatic carbocycles. The van der Waals surface area contributed by atoms with Gasteiger partial charge >= 0.3 is 5.97 Å². The van der Waals surface area contributed by atoms with Gasteiger partial charge < -0.3 is 4.74 Å². The molecule has 0 bridgehead atoms. The molecule has 0 aliphatic rings. The molecule has 0 amide bonds. The van der Waals surface area contributed by atoms with Crippen LogP contribution in [0, 0.1) is 0 Å². The van der Waals surface area contributed by atoms with Gasteiger partial charge in [-0.25, -0.2) is 9.67 Å². The highest BCUT2D eigenvalue weighted by Gasteiger charge is 2.16. The van der Waals surface area contributed by atoms with Crippen molar-refractivity contribution in [1.29, 1.82) is 0 Å². The van der Waals surface area contributed by atoms with E-state index in [1.54, 1.807) is 18.7 Å². The first-order valence-electron chi connectivity index (χ1n) is 3.73. The Morgan fingerprint density at radius 1 is 1.77 bits per heavy atom. The molecule has 13 heavy (non-hydrogen) atoms. The monoisotopic (exact) mass is 201 g/mol. The van der Waals surface area contributed by atoms with Crippen LogP contribution in [0.2, 0.25) is 0 Å². The van der Waals surface area contributed by atoms with Crippen LogP contribution in [0.3, 0.4) is 0 Å². The van der Waals surface area contributed by atoms with E-state index >= 15 is 0 Å². The van der Waals surface area contributed by atoms with Gasteiger partial charge in [0.05, 0.1) is 7.11 Å². The minimum atomic E-state index is -0.257. The van der Waals surface area contributed by atoms with E-state index in [4.69, 9.17) is 0 Å². The molecule has 0 aliphatic carbocycles. The number of aromatic nitrogens is 3. The normalized spacial score (nSPS) is 12.5. The van der Waals surface area contributed by atoms with E-state index < -0.39 is 0 Å². The lowest BCUT2D eigenvalue weighted by molar-refractivity contribution is -0.139. The molecule has 0 saturated carbocycles. The third-order valence-electron chi connectivity index (χ3n) is 1.49. The van der Waals surface area contributed by atoms with Crippen molar-refractivity contribution in [3.8, 4) is 0 Å². The van der Waals surface area contributed by atoms with E-state index in [2.05, 4.69) is 14.8 Å². The Labute approximate surface area is 80.5 Å². The van der Waals surface area contributed by atoms with Crippen molar-refractivity contribution in [1.82, 2.24) is 14.8 Å². The Bertz CT molecular complexity index is 300. The molecule has 1 rings (SSSR count). The molecule has 1 heterocycles. The van der Waals surface area contributed by atoms with Crippen LogP contribution in [0.1, 0.15) is 6.92 Å².